The van der Waals surface area contributed by atoms with Gasteiger partial charge in [0.2, 0.25) is 0 Å². The molecule has 186 valence electrons. The zero-order chi connectivity index (χ0) is 25.9. The van der Waals surface area contributed by atoms with Crippen molar-refractivity contribution in [3.63, 3.8) is 0 Å². The summed E-state index contributed by atoms with van der Waals surface area (Å²) in [5.74, 6) is 1.62. The van der Waals surface area contributed by atoms with Gasteiger partial charge >= 0.3 is 0 Å². The van der Waals surface area contributed by atoms with E-state index in [9.17, 15) is 0 Å². The molecule has 2 nitrogen and oxygen atoms in total. The number of nitrogens with zero attached hydrogens (tertiary/aromatic N) is 1. The number of fused-ring (bicyclic) bond motifs is 3. The van der Waals surface area contributed by atoms with Gasteiger partial charge < -0.3 is 4.42 Å². The van der Waals surface area contributed by atoms with Gasteiger partial charge in [-0.1, -0.05) is 71.0 Å². The summed E-state index contributed by atoms with van der Waals surface area (Å²) in [5.41, 5.74) is 7.94. The topological polar surface area (TPSA) is 26.0 Å². The Morgan fingerprint density at radius 2 is 1.68 bits per heavy atom. The van der Waals surface area contributed by atoms with Crippen molar-refractivity contribution in [1.82, 2.24) is 4.98 Å². The molecule has 3 heterocycles. The Morgan fingerprint density at radius 3 is 2.46 bits per heavy atom. The van der Waals surface area contributed by atoms with Crippen LogP contribution >= 0.6 is 11.3 Å². The molecular formula is C34H33NOS. The molecule has 0 unspecified atom stereocenters. The number of aryl methyl sites for hydroxylation is 1. The Kier molecular flexibility index (Phi) is 5.72. The normalized spacial score (nSPS) is 12.4. The molecule has 0 aliphatic carbocycles. The van der Waals surface area contributed by atoms with E-state index in [4.69, 9.17) is 9.40 Å². The van der Waals surface area contributed by atoms with Crippen LogP contribution in [0.25, 0.3) is 54.3 Å². The molecule has 0 bridgehead atoms. The lowest BCUT2D eigenvalue weighted by molar-refractivity contribution is 0.500. The van der Waals surface area contributed by atoms with E-state index in [0.29, 0.717) is 5.92 Å². The number of thiophene rings is 1. The zero-order valence-corrected chi connectivity index (χ0v) is 23.3. The average Bonchev–Trinajstić information content (AvgIpc) is 3.42. The molecule has 6 rings (SSSR count). The van der Waals surface area contributed by atoms with Gasteiger partial charge in [-0.15, -0.1) is 11.3 Å². The summed E-state index contributed by atoms with van der Waals surface area (Å²) in [7, 11) is 0. The summed E-state index contributed by atoms with van der Waals surface area (Å²) in [6.07, 6.45) is 0.954. The third kappa shape index (κ3) is 4.46. The van der Waals surface area contributed by atoms with Gasteiger partial charge in [0.25, 0.3) is 0 Å². The standard InChI is InChI=1S/C34H33NOS/c1-20(2)13-26-16-24-12-11-23(18-32(24)36-26)28-19-30(35-31-14-21(3)37-33(28)31)25-15-22-9-7-8-10-27(22)29(17-25)34(4,5)6/h7-12,14-20H,13H2,1-6H3. The lowest BCUT2D eigenvalue weighted by Crippen LogP contribution is -2.12. The smallest absolute Gasteiger partial charge is 0.134 e. The summed E-state index contributed by atoms with van der Waals surface area (Å²) in [4.78, 5) is 6.44. The molecule has 0 saturated carbocycles. The molecule has 6 aromatic rings. The van der Waals surface area contributed by atoms with Crippen molar-refractivity contribution in [3.8, 4) is 22.4 Å². The summed E-state index contributed by atoms with van der Waals surface area (Å²) < 4.78 is 7.49. The minimum absolute atomic E-state index is 0.0273. The summed E-state index contributed by atoms with van der Waals surface area (Å²) in [6.45, 7) is 13.5. The Balaban J connectivity index is 1.56. The number of hydrogen-bond acceptors (Lipinski definition) is 3. The average molecular weight is 504 g/mol. The number of hydrogen-bond donors (Lipinski definition) is 0. The first kappa shape index (κ1) is 23.9. The van der Waals surface area contributed by atoms with Crippen molar-refractivity contribution in [1.29, 1.82) is 0 Å². The van der Waals surface area contributed by atoms with Crippen LogP contribution in [-0.4, -0.2) is 4.98 Å². The molecular weight excluding hydrogens is 470 g/mol. The number of pyridine rings is 1. The molecule has 3 heteroatoms. The highest BCUT2D eigenvalue weighted by atomic mass is 32.1. The maximum atomic E-state index is 6.26. The van der Waals surface area contributed by atoms with Crippen LogP contribution in [0.5, 0.6) is 0 Å². The second-order valence-corrected chi connectivity index (χ2v) is 12.9. The van der Waals surface area contributed by atoms with Gasteiger partial charge in [0.15, 0.2) is 0 Å². The highest BCUT2D eigenvalue weighted by Crippen LogP contribution is 2.40. The largest absolute Gasteiger partial charge is 0.461 e. The lowest BCUT2D eigenvalue weighted by atomic mass is 9.82. The van der Waals surface area contributed by atoms with Crippen LogP contribution in [0, 0.1) is 12.8 Å². The Hall–Kier alpha value is -3.43. The van der Waals surface area contributed by atoms with E-state index < -0.39 is 0 Å². The first-order valence-electron chi connectivity index (χ1n) is 13.1. The maximum Gasteiger partial charge on any atom is 0.134 e. The van der Waals surface area contributed by atoms with Crippen LogP contribution in [0.1, 0.15) is 50.8 Å². The van der Waals surface area contributed by atoms with Gasteiger partial charge in [-0.3, -0.25) is 0 Å². The third-order valence-corrected chi connectivity index (χ3v) is 8.13. The molecule has 0 spiro atoms. The molecule has 0 aliphatic heterocycles. The van der Waals surface area contributed by atoms with Gasteiger partial charge in [-0.25, -0.2) is 4.98 Å². The van der Waals surface area contributed by atoms with E-state index in [2.05, 4.69) is 114 Å². The lowest BCUT2D eigenvalue weighted by Gasteiger charge is -2.23. The minimum atomic E-state index is 0.0273. The van der Waals surface area contributed by atoms with E-state index in [-0.39, 0.29) is 5.41 Å². The molecule has 0 N–H and O–H groups in total. The molecule has 0 radical (unpaired) electrons. The second kappa shape index (κ2) is 8.85. The van der Waals surface area contributed by atoms with Crippen LogP contribution < -0.4 is 0 Å². The van der Waals surface area contributed by atoms with Crippen molar-refractivity contribution in [2.75, 3.05) is 0 Å². The van der Waals surface area contributed by atoms with Crippen LogP contribution in [0.3, 0.4) is 0 Å². The molecule has 37 heavy (non-hydrogen) atoms. The van der Waals surface area contributed by atoms with Crippen molar-refractivity contribution in [2.45, 2.75) is 53.4 Å². The number of benzene rings is 3. The Bertz CT molecular complexity index is 1780. The first-order valence-corrected chi connectivity index (χ1v) is 13.9. The maximum absolute atomic E-state index is 6.26. The van der Waals surface area contributed by atoms with Gasteiger partial charge in [0, 0.05) is 27.8 Å². The number of furan rings is 1. The van der Waals surface area contributed by atoms with E-state index in [1.165, 1.54) is 37.0 Å². The third-order valence-electron chi connectivity index (χ3n) is 7.06. The van der Waals surface area contributed by atoms with E-state index >= 15 is 0 Å². The van der Waals surface area contributed by atoms with Gasteiger partial charge in [0.1, 0.15) is 11.3 Å². The minimum Gasteiger partial charge on any atom is -0.461 e. The van der Waals surface area contributed by atoms with E-state index in [1.807, 2.05) is 11.3 Å². The molecule has 0 atom stereocenters. The van der Waals surface area contributed by atoms with Crippen LogP contribution in [0.15, 0.2) is 77.2 Å². The van der Waals surface area contributed by atoms with Crippen molar-refractivity contribution in [3.05, 3.63) is 89.0 Å². The SMILES string of the molecule is Cc1cc2nc(-c3cc(C(C)(C)C)c4ccccc4c3)cc(-c3ccc4cc(CC(C)C)oc4c3)c2s1. The van der Waals surface area contributed by atoms with Crippen molar-refractivity contribution in [2.24, 2.45) is 5.92 Å². The summed E-state index contributed by atoms with van der Waals surface area (Å²) in [6, 6.07) is 26.6. The molecule has 0 amide bonds. The van der Waals surface area contributed by atoms with Crippen molar-refractivity contribution >= 4 is 43.3 Å². The quantitative estimate of drug-likeness (QED) is 0.239. The fraction of sp³-hybridized carbons (Fsp3) is 0.265. The molecule has 0 aliphatic rings. The van der Waals surface area contributed by atoms with Gasteiger partial charge in [-0.2, -0.15) is 0 Å². The predicted molar refractivity (Wildman–Crippen MR) is 160 cm³/mol. The predicted octanol–water partition coefficient (Wildman–Crippen LogP) is 10.3. The van der Waals surface area contributed by atoms with E-state index in [0.717, 1.165) is 39.9 Å². The second-order valence-electron chi connectivity index (χ2n) is 11.7. The molecule has 3 aromatic heterocycles. The van der Waals surface area contributed by atoms with Crippen LogP contribution in [-0.2, 0) is 11.8 Å². The summed E-state index contributed by atoms with van der Waals surface area (Å²) >= 11 is 1.81. The monoisotopic (exact) mass is 503 g/mol. The Labute approximate surface area is 223 Å². The first-order chi connectivity index (χ1) is 17.7. The molecule has 0 saturated heterocycles. The van der Waals surface area contributed by atoms with Crippen LogP contribution in [0.4, 0.5) is 0 Å². The molecule has 3 aromatic carbocycles. The number of rotatable bonds is 4. The Morgan fingerprint density at radius 1 is 0.865 bits per heavy atom. The fourth-order valence-electron chi connectivity index (χ4n) is 5.34. The highest BCUT2D eigenvalue weighted by Gasteiger charge is 2.20. The fourth-order valence-corrected chi connectivity index (χ4v) is 6.33. The van der Waals surface area contributed by atoms with E-state index in [1.54, 1.807) is 0 Å². The van der Waals surface area contributed by atoms with Gasteiger partial charge in [0.05, 0.1) is 15.9 Å². The summed E-state index contributed by atoms with van der Waals surface area (Å²) in [5, 5.41) is 3.73. The molecule has 0 fully saturated rings. The van der Waals surface area contributed by atoms with Gasteiger partial charge in [-0.05, 0) is 76.6 Å². The van der Waals surface area contributed by atoms with Crippen molar-refractivity contribution < 1.29 is 4.42 Å². The number of aromatic nitrogens is 1. The van der Waals surface area contributed by atoms with Crippen LogP contribution in [0.2, 0.25) is 0 Å². The highest BCUT2D eigenvalue weighted by molar-refractivity contribution is 7.19. The zero-order valence-electron chi connectivity index (χ0n) is 22.5.